The molecule has 0 bridgehead atoms. The van der Waals surface area contributed by atoms with Crippen molar-refractivity contribution in [1.29, 1.82) is 0 Å². The molecule has 4 nitrogen and oxygen atoms in total. The molecule has 0 radical (unpaired) electrons. The van der Waals surface area contributed by atoms with Crippen LogP contribution in [0.5, 0.6) is 0 Å². The van der Waals surface area contributed by atoms with Gasteiger partial charge in [0.2, 0.25) is 0 Å². The summed E-state index contributed by atoms with van der Waals surface area (Å²) in [6.07, 6.45) is -11.5. The first kappa shape index (κ1) is 15.6. The van der Waals surface area contributed by atoms with Crippen molar-refractivity contribution in [3.8, 4) is 0 Å². The Balaban J connectivity index is 2.98. The van der Waals surface area contributed by atoms with Crippen LogP contribution in [0.2, 0.25) is 0 Å². The number of hydrogen-bond donors (Lipinski definition) is 1. The van der Waals surface area contributed by atoms with E-state index >= 15 is 0 Å². The highest BCUT2D eigenvalue weighted by atomic mass is 19.4. The van der Waals surface area contributed by atoms with Crippen LogP contribution in [-0.4, -0.2) is 46.8 Å². The quantitative estimate of drug-likeness (QED) is 0.750. The van der Waals surface area contributed by atoms with Crippen molar-refractivity contribution in [2.75, 3.05) is 6.54 Å². The molecule has 0 spiro atoms. The maximum Gasteiger partial charge on any atom is 0.471 e. The number of carbonyl (C=O) groups is 2. The SMILES string of the molecule is O=C(O)[C@H]1CC[C@@H](C(F)(F)F)CN1C(=O)C(F)(F)F. The molecule has 1 aliphatic heterocycles. The van der Waals surface area contributed by atoms with Crippen LogP contribution >= 0.6 is 0 Å². The number of aliphatic carboxylic acids is 1. The Morgan fingerprint density at radius 1 is 1.05 bits per heavy atom. The molecule has 110 valence electrons. The molecule has 19 heavy (non-hydrogen) atoms. The molecule has 2 atom stereocenters. The lowest BCUT2D eigenvalue weighted by Gasteiger charge is -2.38. The highest BCUT2D eigenvalue weighted by Crippen LogP contribution is 2.36. The normalized spacial score (nSPS) is 25.3. The van der Waals surface area contributed by atoms with Gasteiger partial charge in [0, 0.05) is 6.54 Å². The zero-order valence-electron chi connectivity index (χ0n) is 9.25. The Morgan fingerprint density at radius 2 is 1.58 bits per heavy atom. The van der Waals surface area contributed by atoms with Gasteiger partial charge in [0.1, 0.15) is 6.04 Å². The minimum Gasteiger partial charge on any atom is -0.480 e. The maximum absolute atomic E-state index is 12.4. The number of carboxylic acids is 1. The fraction of sp³-hybridized carbons (Fsp3) is 0.778. The van der Waals surface area contributed by atoms with Crippen molar-refractivity contribution < 1.29 is 41.0 Å². The van der Waals surface area contributed by atoms with E-state index < -0.39 is 55.6 Å². The van der Waals surface area contributed by atoms with E-state index in [1.54, 1.807) is 0 Å². The average molecular weight is 293 g/mol. The van der Waals surface area contributed by atoms with Gasteiger partial charge in [-0.15, -0.1) is 0 Å². The van der Waals surface area contributed by atoms with Crippen molar-refractivity contribution >= 4 is 11.9 Å². The lowest BCUT2D eigenvalue weighted by molar-refractivity contribution is -0.210. The van der Waals surface area contributed by atoms with Crippen LogP contribution in [0, 0.1) is 5.92 Å². The molecular formula is C9H9F6NO3. The van der Waals surface area contributed by atoms with Gasteiger partial charge < -0.3 is 10.0 Å². The number of halogens is 6. The number of alkyl halides is 6. The molecule has 0 aromatic rings. The molecule has 0 saturated carbocycles. The molecule has 0 aromatic carbocycles. The number of piperidine rings is 1. The predicted octanol–water partition coefficient (Wildman–Crippen LogP) is 1.80. The first-order valence-electron chi connectivity index (χ1n) is 5.12. The zero-order valence-corrected chi connectivity index (χ0v) is 9.25. The summed E-state index contributed by atoms with van der Waals surface area (Å²) in [4.78, 5) is 21.4. The lowest BCUT2D eigenvalue weighted by Crippen LogP contribution is -2.56. The van der Waals surface area contributed by atoms with E-state index in [0.717, 1.165) is 0 Å². The highest BCUT2D eigenvalue weighted by Gasteiger charge is 2.52. The first-order valence-corrected chi connectivity index (χ1v) is 5.12. The van der Waals surface area contributed by atoms with Gasteiger partial charge in [-0.2, -0.15) is 26.3 Å². The second-order valence-electron chi connectivity index (χ2n) is 4.13. The smallest absolute Gasteiger partial charge is 0.471 e. The molecule has 1 rings (SSSR count). The molecule has 1 saturated heterocycles. The van der Waals surface area contributed by atoms with Gasteiger partial charge >= 0.3 is 24.2 Å². The maximum atomic E-state index is 12.4. The summed E-state index contributed by atoms with van der Waals surface area (Å²) in [6, 6.07) is -1.88. The summed E-state index contributed by atoms with van der Waals surface area (Å²) in [6.45, 7) is -1.29. The Hall–Kier alpha value is -1.48. The Morgan fingerprint density at radius 3 is 1.95 bits per heavy atom. The predicted molar refractivity (Wildman–Crippen MR) is 48.0 cm³/mol. The summed E-state index contributed by atoms with van der Waals surface area (Å²) in [5.41, 5.74) is 0. The van der Waals surface area contributed by atoms with E-state index in [1.165, 1.54) is 0 Å². The van der Waals surface area contributed by atoms with Crippen LogP contribution in [0.4, 0.5) is 26.3 Å². The van der Waals surface area contributed by atoms with Crippen LogP contribution < -0.4 is 0 Å². The molecule has 10 heteroatoms. The fourth-order valence-electron chi connectivity index (χ4n) is 1.88. The molecule has 1 fully saturated rings. The minimum absolute atomic E-state index is 0.260. The summed E-state index contributed by atoms with van der Waals surface area (Å²) < 4.78 is 74.0. The summed E-state index contributed by atoms with van der Waals surface area (Å²) in [5, 5.41) is 8.67. The van der Waals surface area contributed by atoms with E-state index in [2.05, 4.69) is 0 Å². The van der Waals surface area contributed by atoms with Gasteiger partial charge in [-0.1, -0.05) is 0 Å². The number of carboxylic acid groups (broad SMARTS) is 1. The topological polar surface area (TPSA) is 57.6 Å². The van der Waals surface area contributed by atoms with E-state index in [-0.39, 0.29) is 4.90 Å². The standard InChI is InChI=1S/C9H9F6NO3/c10-8(11,12)4-1-2-5(6(17)18)16(3-4)7(19)9(13,14)15/h4-5H,1-3H2,(H,17,18)/t4-,5-/m1/s1. The molecule has 0 aliphatic carbocycles. The summed E-state index contributed by atoms with van der Waals surface area (Å²) in [7, 11) is 0. The van der Waals surface area contributed by atoms with Crippen molar-refractivity contribution in [3.05, 3.63) is 0 Å². The third-order valence-electron chi connectivity index (χ3n) is 2.83. The van der Waals surface area contributed by atoms with Crippen molar-refractivity contribution in [3.63, 3.8) is 0 Å². The number of hydrogen-bond acceptors (Lipinski definition) is 2. The minimum atomic E-state index is -5.40. The Labute approximate surface area is 103 Å². The number of likely N-dealkylation sites (tertiary alicyclic amines) is 1. The van der Waals surface area contributed by atoms with Crippen molar-refractivity contribution in [1.82, 2.24) is 4.90 Å². The highest BCUT2D eigenvalue weighted by molar-refractivity contribution is 5.87. The fourth-order valence-corrected chi connectivity index (χ4v) is 1.88. The van der Waals surface area contributed by atoms with Crippen molar-refractivity contribution in [2.45, 2.75) is 31.2 Å². The molecule has 1 aliphatic rings. The Kier molecular flexibility index (Phi) is 4.01. The largest absolute Gasteiger partial charge is 0.480 e. The second kappa shape index (κ2) is 4.89. The number of nitrogens with zero attached hydrogens (tertiary/aromatic N) is 1. The number of carbonyl (C=O) groups excluding carboxylic acids is 1. The van der Waals surface area contributed by atoms with Crippen LogP contribution in [0.15, 0.2) is 0 Å². The second-order valence-corrected chi connectivity index (χ2v) is 4.13. The number of amides is 1. The van der Waals surface area contributed by atoms with E-state index in [0.29, 0.717) is 0 Å². The van der Waals surface area contributed by atoms with E-state index in [9.17, 15) is 35.9 Å². The van der Waals surface area contributed by atoms with Crippen LogP contribution in [0.1, 0.15) is 12.8 Å². The first-order chi connectivity index (χ1) is 8.44. The van der Waals surface area contributed by atoms with E-state index in [4.69, 9.17) is 5.11 Å². The third kappa shape index (κ3) is 3.51. The average Bonchev–Trinajstić information content (AvgIpc) is 2.24. The Bertz CT molecular complexity index is 377. The lowest BCUT2D eigenvalue weighted by atomic mass is 9.92. The van der Waals surface area contributed by atoms with Gasteiger partial charge in [-0.05, 0) is 12.8 Å². The van der Waals surface area contributed by atoms with Gasteiger partial charge in [0.05, 0.1) is 5.92 Å². The van der Waals surface area contributed by atoms with Crippen LogP contribution in [-0.2, 0) is 9.59 Å². The van der Waals surface area contributed by atoms with Gasteiger partial charge in [0.15, 0.2) is 0 Å². The van der Waals surface area contributed by atoms with Crippen molar-refractivity contribution in [2.24, 2.45) is 5.92 Å². The third-order valence-corrected chi connectivity index (χ3v) is 2.83. The zero-order chi connectivity index (χ0) is 15.0. The molecule has 0 unspecified atom stereocenters. The van der Waals surface area contributed by atoms with E-state index in [1.807, 2.05) is 0 Å². The van der Waals surface area contributed by atoms with Gasteiger partial charge in [0.25, 0.3) is 0 Å². The monoisotopic (exact) mass is 293 g/mol. The summed E-state index contributed by atoms with van der Waals surface area (Å²) in [5.74, 6) is -6.46. The molecule has 1 N–H and O–H groups in total. The molecule has 1 amide bonds. The summed E-state index contributed by atoms with van der Waals surface area (Å²) >= 11 is 0. The molecular weight excluding hydrogens is 284 g/mol. The van der Waals surface area contributed by atoms with Crippen LogP contribution in [0.25, 0.3) is 0 Å². The molecule has 1 heterocycles. The van der Waals surface area contributed by atoms with Crippen LogP contribution in [0.3, 0.4) is 0 Å². The van der Waals surface area contributed by atoms with Gasteiger partial charge in [-0.25, -0.2) is 4.79 Å². The van der Waals surface area contributed by atoms with Gasteiger partial charge in [-0.3, -0.25) is 4.79 Å². The molecule has 0 aromatic heterocycles. The number of rotatable bonds is 1.